The molecule has 0 aliphatic heterocycles. The van der Waals surface area contributed by atoms with Gasteiger partial charge in [-0.25, -0.2) is 4.98 Å². The Balaban J connectivity index is 1.83. The maximum atomic E-state index is 12.0. The number of H-pyrrole nitrogens is 1. The molecule has 2 aromatic heterocycles. The largest absolute Gasteiger partial charge is 0.351 e. The quantitative estimate of drug-likeness (QED) is 0.571. The fourth-order valence-electron chi connectivity index (χ4n) is 1.77. The second-order valence-electron chi connectivity index (χ2n) is 3.99. The number of nitro groups is 1. The zero-order chi connectivity index (χ0) is 14.1. The monoisotopic (exact) mass is 288 g/mol. The maximum Gasteiger partial charge on any atom is 0.345 e. The molecule has 0 aliphatic carbocycles. The second-order valence-corrected chi connectivity index (χ2v) is 4.99. The summed E-state index contributed by atoms with van der Waals surface area (Å²) in [6.07, 6.45) is 1.12. The number of aromatic amines is 1. The zero-order valence-corrected chi connectivity index (χ0v) is 10.8. The number of hydrogen-bond donors (Lipinski definition) is 2. The van der Waals surface area contributed by atoms with Gasteiger partial charge in [0.2, 0.25) is 0 Å². The molecule has 7 nitrogen and oxygen atoms in total. The van der Waals surface area contributed by atoms with Crippen LogP contribution in [0, 0.1) is 10.1 Å². The molecule has 0 bridgehead atoms. The standard InChI is InChI=1S/C12H8N4O3S/c17-11(15-12-13-6-10(20-12)16(18)19)9-5-7-3-1-2-4-8(7)14-9/h1-6,14H,(H,13,15,17). The molecular weight excluding hydrogens is 280 g/mol. The predicted molar refractivity (Wildman–Crippen MR) is 75.0 cm³/mol. The van der Waals surface area contributed by atoms with Gasteiger partial charge in [-0.05, 0) is 23.5 Å². The van der Waals surface area contributed by atoms with Gasteiger partial charge < -0.3 is 4.98 Å². The van der Waals surface area contributed by atoms with E-state index in [0.29, 0.717) is 5.69 Å². The number of thiazole rings is 1. The Labute approximate surface area is 116 Å². The van der Waals surface area contributed by atoms with Crippen LogP contribution in [0.2, 0.25) is 0 Å². The highest BCUT2D eigenvalue weighted by atomic mass is 32.1. The lowest BCUT2D eigenvalue weighted by Gasteiger charge is -1.97. The van der Waals surface area contributed by atoms with Crippen molar-refractivity contribution in [3.8, 4) is 0 Å². The molecule has 1 amide bonds. The Hall–Kier alpha value is -2.74. The van der Waals surface area contributed by atoms with Gasteiger partial charge >= 0.3 is 5.00 Å². The predicted octanol–water partition coefficient (Wildman–Crippen LogP) is 2.78. The number of nitrogens with zero attached hydrogens (tertiary/aromatic N) is 2. The van der Waals surface area contributed by atoms with E-state index >= 15 is 0 Å². The number of aromatic nitrogens is 2. The van der Waals surface area contributed by atoms with Gasteiger partial charge in [-0.1, -0.05) is 18.2 Å². The lowest BCUT2D eigenvalue weighted by atomic mass is 10.2. The molecule has 0 fully saturated rings. The van der Waals surface area contributed by atoms with Crippen LogP contribution in [0.3, 0.4) is 0 Å². The van der Waals surface area contributed by atoms with E-state index in [9.17, 15) is 14.9 Å². The van der Waals surface area contributed by atoms with Crippen LogP contribution in [0.25, 0.3) is 10.9 Å². The number of nitrogens with one attached hydrogen (secondary N) is 2. The van der Waals surface area contributed by atoms with Crippen LogP contribution in [-0.2, 0) is 0 Å². The zero-order valence-electron chi connectivity index (χ0n) is 9.99. The number of amides is 1. The normalized spacial score (nSPS) is 10.6. The average molecular weight is 288 g/mol. The van der Waals surface area contributed by atoms with Gasteiger partial charge in [0, 0.05) is 10.9 Å². The summed E-state index contributed by atoms with van der Waals surface area (Å²) in [5, 5.41) is 14.1. The molecule has 8 heteroatoms. The Morgan fingerprint density at radius 1 is 1.40 bits per heavy atom. The van der Waals surface area contributed by atoms with Gasteiger partial charge in [-0.3, -0.25) is 20.2 Å². The average Bonchev–Trinajstić information content (AvgIpc) is 3.04. The van der Waals surface area contributed by atoms with Crippen molar-refractivity contribution in [1.29, 1.82) is 0 Å². The lowest BCUT2D eigenvalue weighted by Crippen LogP contribution is -2.11. The van der Waals surface area contributed by atoms with Crippen LogP contribution >= 0.6 is 11.3 Å². The van der Waals surface area contributed by atoms with E-state index < -0.39 is 4.92 Å². The van der Waals surface area contributed by atoms with Crippen molar-refractivity contribution in [3.63, 3.8) is 0 Å². The van der Waals surface area contributed by atoms with Gasteiger partial charge in [0.15, 0.2) is 5.13 Å². The fourth-order valence-corrected chi connectivity index (χ4v) is 2.40. The molecule has 0 aliphatic rings. The van der Waals surface area contributed by atoms with E-state index in [-0.39, 0.29) is 16.0 Å². The number of para-hydroxylation sites is 1. The van der Waals surface area contributed by atoms with Crippen molar-refractivity contribution in [2.45, 2.75) is 0 Å². The van der Waals surface area contributed by atoms with E-state index in [0.717, 1.165) is 28.4 Å². The molecule has 2 heterocycles. The minimum absolute atomic E-state index is 0.114. The highest BCUT2D eigenvalue weighted by molar-refractivity contribution is 7.18. The third-order valence-electron chi connectivity index (χ3n) is 2.67. The maximum absolute atomic E-state index is 12.0. The van der Waals surface area contributed by atoms with Crippen molar-refractivity contribution >= 4 is 38.3 Å². The smallest absolute Gasteiger partial charge is 0.345 e. The fraction of sp³-hybridized carbons (Fsp3) is 0. The van der Waals surface area contributed by atoms with Gasteiger partial charge in [-0.2, -0.15) is 0 Å². The summed E-state index contributed by atoms with van der Waals surface area (Å²) in [6.45, 7) is 0. The molecule has 0 spiro atoms. The molecule has 0 saturated heterocycles. The minimum atomic E-state index is -0.545. The van der Waals surface area contributed by atoms with Crippen molar-refractivity contribution in [3.05, 3.63) is 52.3 Å². The Bertz CT molecular complexity index is 775. The summed E-state index contributed by atoms with van der Waals surface area (Å²) in [6, 6.07) is 9.20. The number of fused-ring (bicyclic) bond motifs is 1. The van der Waals surface area contributed by atoms with E-state index in [4.69, 9.17) is 0 Å². The Morgan fingerprint density at radius 2 is 2.20 bits per heavy atom. The molecule has 2 N–H and O–H groups in total. The summed E-state index contributed by atoms with van der Waals surface area (Å²) in [7, 11) is 0. The highest BCUT2D eigenvalue weighted by Crippen LogP contribution is 2.25. The molecule has 3 aromatic rings. The summed E-state index contributed by atoms with van der Waals surface area (Å²) in [4.78, 5) is 28.8. The van der Waals surface area contributed by atoms with Crippen LogP contribution in [-0.4, -0.2) is 20.8 Å². The highest BCUT2D eigenvalue weighted by Gasteiger charge is 2.15. The van der Waals surface area contributed by atoms with Crippen molar-refractivity contribution in [2.24, 2.45) is 0 Å². The van der Waals surface area contributed by atoms with E-state index in [2.05, 4.69) is 15.3 Å². The van der Waals surface area contributed by atoms with Crippen molar-refractivity contribution in [2.75, 3.05) is 5.32 Å². The number of rotatable bonds is 3. The number of benzene rings is 1. The van der Waals surface area contributed by atoms with Crippen LogP contribution in [0.4, 0.5) is 10.1 Å². The molecule has 20 heavy (non-hydrogen) atoms. The molecule has 3 rings (SSSR count). The van der Waals surface area contributed by atoms with Crippen LogP contribution in [0.1, 0.15) is 10.5 Å². The van der Waals surface area contributed by atoms with E-state index in [1.165, 1.54) is 0 Å². The van der Waals surface area contributed by atoms with E-state index in [1.54, 1.807) is 6.07 Å². The first kappa shape index (κ1) is 12.3. The van der Waals surface area contributed by atoms with Crippen LogP contribution in [0.5, 0.6) is 0 Å². The van der Waals surface area contributed by atoms with Crippen LogP contribution < -0.4 is 5.32 Å². The number of carbonyl (C=O) groups is 1. The van der Waals surface area contributed by atoms with Crippen molar-refractivity contribution < 1.29 is 9.72 Å². The second kappa shape index (κ2) is 4.74. The molecule has 0 unspecified atom stereocenters. The SMILES string of the molecule is O=C(Nc1ncc([N+](=O)[O-])s1)c1cc2ccccc2[nH]1. The third-order valence-corrected chi connectivity index (χ3v) is 3.53. The van der Waals surface area contributed by atoms with Gasteiger partial charge in [-0.15, -0.1) is 0 Å². The number of carbonyl (C=O) groups excluding carboxylic acids is 1. The lowest BCUT2D eigenvalue weighted by molar-refractivity contribution is -0.380. The molecule has 0 radical (unpaired) electrons. The summed E-state index contributed by atoms with van der Waals surface area (Å²) >= 11 is 0.815. The number of anilines is 1. The number of hydrogen-bond acceptors (Lipinski definition) is 5. The molecule has 100 valence electrons. The van der Waals surface area contributed by atoms with Gasteiger partial charge in [0.05, 0.1) is 4.92 Å². The van der Waals surface area contributed by atoms with E-state index in [1.807, 2.05) is 24.3 Å². The third kappa shape index (κ3) is 2.24. The topological polar surface area (TPSA) is 101 Å². The first-order valence-corrected chi connectivity index (χ1v) is 6.44. The van der Waals surface area contributed by atoms with Gasteiger partial charge in [0.25, 0.3) is 5.91 Å². The Kier molecular flexibility index (Phi) is 2.92. The van der Waals surface area contributed by atoms with Crippen LogP contribution in [0.15, 0.2) is 36.5 Å². The summed E-state index contributed by atoms with van der Waals surface area (Å²) < 4.78 is 0. The molecule has 1 aromatic carbocycles. The summed E-state index contributed by atoms with van der Waals surface area (Å²) in [5.74, 6) is -0.384. The van der Waals surface area contributed by atoms with Crippen molar-refractivity contribution in [1.82, 2.24) is 9.97 Å². The first-order chi connectivity index (χ1) is 9.63. The molecule has 0 atom stereocenters. The first-order valence-electron chi connectivity index (χ1n) is 5.63. The molecular formula is C12H8N4O3S. The summed E-state index contributed by atoms with van der Waals surface area (Å²) in [5.41, 5.74) is 1.23. The molecule has 0 saturated carbocycles. The van der Waals surface area contributed by atoms with Gasteiger partial charge in [0.1, 0.15) is 11.9 Å². The minimum Gasteiger partial charge on any atom is -0.351 e. The Morgan fingerprint density at radius 3 is 2.90 bits per heavy atom.